The van der Waals surface area contributed by atoms with Crippen molar-refractivity contribution in [3.05, 3.63) is 17.5 Å². The molecule has 1 N–H and O–H groups in total. The molecule has 0 saturated heterocycles. The third kappa shape index (κ3) is 6.14. The Labute approximate surface area is 146 Å². The van der Waals surface area contributed by atoms with Gasteiger partial charge in [0.25, 0.3) is 0 Å². The first kappa shape index (κ1) is 20.5. The van der Waals surface area contributed by atoms with Crippen LogP contribution in [0.15, 0.2) is 11.2 Å². The summed E-state index contributed by atoms with van der Waals surface area (Å²) in [7, 11) is 0.876. The van der Waals surface area contributed by atoms with Crippen molar-refractivity contribution in [2.24, 2.45) is 12.0 Å². The number of aromatic nitrogens is 2. The van der Waals surface area contributed by atoms with Crippen molar-refractivity contribution in [3.8, 4) is 0 Å². The number of sulfone groups is 1. The van der Waals surface area contributed by atoms with E-state index in [0.717, 1.165) is 17.8 Å². The molecular formula is C16H31N5O2S. The van der Waals surface area contributed by atoms with E-state index in [0.29, 0.717) is 18.4 Å². The molecule has 0 amide bonds. The number of hydrogen-bond acceptors (Lipinski definition) is 4. The largest absolute Gasteiger partial charge is 0.357 e. The highest BCUT2D eigenvalue weighted by atomic mass is 32.2. The zero-order chi connectivity index (χ0) is 18.3. The molecule has 0 unspecified atom stereocenters. The number of rotatable bonds is 8. The molecule has 0 aliphatic heterocycles. The van der Waals surface area contributed by atoms with Gasteiger partial charge in [-0.3, -0.25) is 9.67 Å². The van der Waals surface area contributed by atoms with Crippen molar-refractivity contribution >= 4 is 15.8 Å². The minimum absolute atomic E-state index is 0.0797. The Morgan fingerprint density at radius 1 is 1.42 bits per heavy atom. The first-order valence-electron chi connectivity index (χ1n) is 8.42. The molecule has 1 rings (SSSR count). The van der Waals surface area contributed by atoms with E-state index in [-0.39, 0.29) is 18.1 Å². The number of nitrogens with one attached hydrogen (secondary N) is 1. The molecular weight excluding hydrogens is 326 g/mol. The number of hydrogen-bond donors (Lipinski definition) is 1. The van der Waals surface area contributed by atoms with Crippen molar-refractivity contribution in [1.29, 1.82) is 0 Å². The Bertz CT molecular complexity index is 649. The van der Waals surface area contributed by atoms with Crippen LogP contribution < -0.4 is 5.32 Å². The zero-order valence-corrected chi connectivity index (χ0v) is 16.5. The van der Waals surface area contributed by atoms with Crippen LogP contribution in [0, 0.1) is 0 Å². The molecule has 0 spiro atoms. The second kappa shape index (κ2) is 9.05. The lowest BCUT2D eigenvalue weighted by molar-refractivity contribution is 0.474. The van der Waals surface area contributed by atoms with Gasteiger partial charge in [-0.05, 0) is 12.8 Å². The maximum atomic E-state index is 11.6. The van der Waals surface area contributed by atoms with Crippen LogP contribution in [0.1, 0.15) is 44.9 Å². The summed E-state index contributed by atoms with van der Waals surface area (Å²) in [6.07, 6.45) is 2.02. The predicted molar refractivity (Wildman–Crippen MR) is 99.1 cm³/mol. The normalized spacial score (nSPS) is 12.7. The van der Waals surface area contributed by atoms with Gasteiger partial charge < -0.3 is 10.2 Å². The first-order chi connectivity index (χ1) is 11.2. The molecule has 0 atom stereocenters. The minimum atomic E-state index is -3.00. The van der Waals surface area contributed by atoms with Gasteiger partial charge in [0, 0.05) is 44.7 Å². The average molecular weight is 358 g/mol. The smallest absolute Gasteiger partial charge is 0.193 e. The molecule has 138 valence electrons. The van der Waals surface area contributed by atoms with Gasteiger partial charge in [-0.15, -0.1) is 0 Å². The fourth-order valence-electron chi connectivity index (χ4n) is 2.40. The molecule has 0 radical (unpaired) electrons. The van der Waals surface area contributed by atoms with Gasteiger partial charge >= 0.3 is 0 Å². The molecule has 0 fully saturated rings. The molecule has 0 aromatic carbocycles. The van der Waals surface area contributed by atoms with E-state index < -0.39 is 9.84 Å². The number of aryl methyl sites for hydroxylation is 1. The van der Waals surface area contributed by atoms with E-state index in [2.05, 4.69) is 29.3 Å². The van der Waals surface area contributed by atoms with Gasteiger partial charge in [0.05, 0.1) is 18.0 Å². The van der Waals surface area contributed by atoms with Gasteiger partial charge in [0.15, 0.2) is 15.8 Å². The standard InChI is InChI=1S/C16H31N5O2S/c1-7-17-16(18-9-10-24(22,23)8-2)20(5)11-14-12-21(6)19-15(14)13(3)4/h12-13H,7-11H2,1-6H3,(H,17,18). The van der Waals surface area contributed by atoms with Crippen molar-refractivity contribution < 1.29 is 8.42 Å². The second-order valence-corrected chi connectivity index (χ2v) is 8.67. The fourth-order valence-corrected chi connectivity index (χ4v) is 3.06. The first-order valence-corrected chi connectivity index (χ1v) is 10.2. The van der Waals surface area contributed by atoms with E-state index in [1.54, 1.807) is 6.92 Å². The molecule has 0 aliphatic rings. The highest BCUT2D eigenvalue weighted by molar-refractivity contribution is 7.91. The number of guanidine groups is 1. The van der Waals surface area contributed by atoms with Crippen LogP contribution in [-0.4, -0.2) is 60.7 Å². The van der Waals surface area contributed by atoms with Crippen molar-refractivity contribution in [1.82, 2.24) is 20.0 Å². The summed E-state index contributed by atoms with van der Waals surface area (Å²) in [4.78, 5) is 6.45. The summed E-state index contributed by atoms with van der Waals surface area (Å²) in [5, 5.41) is 7.74. The van der Waals surface area contributed by atoms with Crippen LogP contribution >= 0.6 is 0 Å². The Balaban J connectivity index is 2.85. The second-order valence-electron chi connectivity index (χ2n) is 6.20. The molecule has 1 aromatic rings. The topological polar surface area (TPSA) is 79.6 Å². The average Bonchev–Trinajstić information content (AvgIpc) is 2.87. The van der Waals surface area contributed by atoms with Gasteiger partial charge in [-0.2, -0.15) is 5.10 Å². The summed E-state index contributed by atoms with van der Waals surface area (Å²) >= 11 is 0. The van der Waals surface area contributed by atoms with Gasteiger partial charge in [-0.25, -0.2) is 8.42 Å². The third-order valence-electron chi connectivity index (χ3n) is 3.69. The SMILES string of the molecule is CCNC(=NCCS(=O)(=O)CC)N(C)Cc1cn(C)nc1C(C)C. The lowest BCUT2D eigenvalue weighted by Crippen LogP contribution is -2.39. The van der Waals surface area contributed by atoms with Crippen molar-refractivity contribution in [2.75, 3.05) is 31.6 Å². The van der Waals surface area contributed by atoms with Crippen molar-refractivity contribution in [2.45, 2.75) is 40.2 Å². The van der Waals surface area contributed by atoms with E-state index in [1.807, 2.05) is 36.8 Å². The minimum Gasteiger partial charge on any atom is -0.357 e. The molecule has 8 heteroatoms. The number of nitrogens with zero attached hydrogens (tertiary/aromatic N) is 4. The summed E-state index contributed by atoms with van der Waals surface area (Å²) in [6.45, 7) is 9.58. The molecule has 0 bridgehead atoms. The van der Waals surface area contributed by atoms with E-state index in [4.69, 9.17) is 0 Å². The lowest BCUT2D eigenvalue weighted by Gasteiger charge is -2.22. The quantitative estimate of drug-likeness (QED) is 0.561. The lowest BCUT2D eigenvalue weighted by atomic mass is 10.1. The summed E-state index contributed by atoms with van der Waals surface area (Å²) in [5.74, 6) is 1.30. The van der Waals surface area contributed by atoms with E-state index >= 15 is 0 Å². The highest BCUT2D eigenvalue weighted by Gasteiger charge is 2.15. The zero-order valence-electron chi connectivity index (χ0n) is 15.7. The molecule has 0 aliphatic carbocycles. The fraction of sp³-hybridized carbons (Fsp3) is 0.750. The van der Waals surface area contributed by atoms with Crippen LogP contribution in [0.4, 0.5) is 0 Å². The van der Waals surface area contributed by atoms with Crippen molar-refractivity contribution in [3.63, 3.8) is 0 Å². The van der Waals surface area contributed by atoms with E-state index in [9.17, 15) is 8.42 Å². The van der Waals surface area contributed by atoms with Crippen LogP contribution in [0.25, 0.3) is 0 Å². The van der Waals surface area contributed by atoms with Crippen LogP contribution in [0.2, 0.25) is 0 Å². The monoisotopic (exact) mass is 357 g/mol. The van der Waals surface area contributed by atoms with Gasteiger partial charge in [0.2, 0.25) is 0 Å². The maximum absolute atomic E-state index is 11.6. The predicted octanol–water partition coefficient (Wildman–Crippen LogP) is 1.38. The Kier molecular flexibility index (Phi) is 7.72. The summed E-state index contributed by atoms with van der Waals surface area (Å²) in [6, 6.07) is 0. The Hall–Kier alpha value is -1.57. The molecule has 0 saturated carbocycles. The molecule has 7 nitrogen and oxygen atoms in total. The maximum Gasteiger partial charge on any atom is 0.193 e. The summed E-state index contributed by atoms with van der Waals surface area (Å²) in [5.41, 5.74) is 2.23. The van der Waals surface area contributed by atoms with Gasteiger partial charge in [0.1, 0.15) is 0 Å². The molecule has 1 heterocycles. The molecule has 1 aromatic heterocycles. The Morgan fingerprint density at radius 2 is 2.08 bits per heavy atom. The molecule has 24 heavy (non-hydrogen) atoms. The van der Waals surface area contributed by atoms with Crippen LogP contribution in [-0.2, 0) is 23.4 Å². The van der Waals surface area contributed by atoms with Crippen LogP contribution in [0.3, 0.4) is 0 Å². The van der Waals surface area contributed by atoms with E-state index in [1.165, 1.54) is 0 Å². The Morgan fingerprint density at radius 3 is 2.62 bits per heavy atom. The van der Waals surface area contributed by atoms with Gasteiger partial charge in [-0.1, -0.05) is 20.8 Å². The number of aliphatic imine (C=N–C) groups is 1. The summed E-state index contributed by atoms with van der Waals surface area (Å²) < 4.78 is 25.0. The highest BCUT2D eigenvalue weighted by Crippen LogP contribution is 2.18. The van der Waals surface area contributed by atoms with Crippen LogP contribution in [0.5, 0.6) is 0 Å². The third-order valence-corrected chi connectivity index (χ3v) is 5.38.